The number of benzene rings is 2. The molecule has 0 amide bonds. The zero-order valence-corrected chi connectivity index (χ0v) is 9.45. The lowest BCUT2D eigenvalue weighted by Crippen LogP contribution is -1.73. The van der Waals surface area contributed by atoms with Gasteiger partial charge >= 0.3 is 0 Å². The molecule has 2 heteroatoms. The van der Waals surface area contributed by atoms with E-state index >= 15 is 0 Å². The molecule has 0 aliphatic heterocycles. The molecule has 0 spiro atoms. The summed E-state index contributed by atoms with van der Waals surface area (Å²) in [6.45, 7) is 0. The first kappa shape index (κ1) is 11.0. The van der Waals surface area contributed by atoms with Crippen molar-refractivity contribution in [1.82, 2.24) is 0 Å². The van der Waals surface area contributed by atoms with Crippen LogP contribution >= 0.6 is 12.1 Å². The molecule has 0 unspecified atom stereocenters. The summed E-state index contributed by atoms with van der Waals surface area (Å²) in [6.07, 6.45) is 4.06. The predicted molar refractivity (Wildman–Crippen MR) is 68.8 cm³/mol. The number of rotatable bonds is 3. The fraction of sp³-hybridized carbons (Fsp3) is 0. The fourth-order valence-corrected chi connectivity index (χ4v) is 1.63. The van der Waals surface area contributed by atoms with E-state index < -0.39 is 0 Å². The third-order valence-corrected chi connectivity index (χ3v) is 2.69. The first-order chi connectivity index (χ1) is 7.88. The highest BCUT2D eigenvalue weighted by molar-refractivity contribution is 7.94. The predicted octanol–water partition coefficient (Wildman–Crippen LogP) is 4.83. The van der Waals surface area contributed by atoms with Crippen molar-refractivity contribution in [3.05, 3.63) is 65.7 Å². The van der Waals surface area contributed by atoms with Gasteiger partial charge in [-0.2, -0.15) is 3.89 Å². The zero-order chi connectivity index (χ0) is 11.2. The first-order valence-electron chi connectivity index (χ1n) is 5.00. The van der Waals surface area contributed by atoms with E-state index in [-0.39, 0.29) is 12.1 Å². The monoisotopic (exact) mass is 230 g/mol. The summed E-state index contributed by atoms with van der Waals surface area (Å²) < 4.78 is 12.2. The van der Waals surface area contributed by atoms with Crippen LogP contribution in [0, 0.1) is 0 Å². The molecule has 0 nitrogen and oxygen atoms in total. The maximum atomic E-state index is 12.2. The molecular formula is C14H11FS. The Labute approximate surface area is 99.1 Å². The summed E-state index contributed by atoms with van der Waals surface area (Å²) in [6, 6.07) is 17.4. The van der Waals surface area contributed by atoms with Gasteiger partial charge in [-0.1, -0.05) is 54.6 Å². The van der Waals surface area contributed by atoms with Crippen molar-refractivity contribution in [3.63, 3.8) is 0 Å². The molecule has 0 atom stereocenters. The Morgan fingerprint density at radius 3 is 1.88 bits per heavy atom. The molecule has 0 fully saturated rings. The number of hydrogen-bond donors (Lipinski definition) is 0. The number of halogens is 1. The maximum absolute atomic E-state index is 12.2. The standard InChI is InChI=1S/C14H11FS/c15-16-14-10-8-13(9-11-14)7-6-12-4-2-1-3-5-12/h1-11H/b7-6+. The van der Waals surface area contributed by atoms with Gasteiger partial charge in [0.15, 0.2) is 0 Å². The average molecular weight is 230 g/mol. The molecule has 0 aliphatic rings. The molecule has 16 heavy (non-hydrogen) atoms. The zero-order valence-electron chi connectivity index (χ0n) is 8.64. The normalized spacial score (nSPS) is 10.8. The van der Waals surface area contributed by atoms with Crippen LogP contribution < -0.4 is 0 Å². The molecule has 2 aromatic carbocycles. The van der Waals surface area contributed by atoms with E-state index in [0.29, 0.717) is 4.90 Å². The van der Waals surface area contributed by atoms with Gasteiger partial charge in [-0.3, -0.25) is 0 Å². The van der Waals surface area contributed by atoms with Crippen LogP contribution in [-0.4, -0.2) is 0 Å². The smallest absolute Gasteiger partial charge is 0.0812 e. The topological polar surface area (TPSA) is 0 Å². The fourth-order valence-electron chi connectivity index (χ4n) is 1.39. The molecule has 80 valence electrons. The highest BCUT2D eigenvalue weighted by Crippen LogP contribution is 2.19. The summed E-state index contributed by atoms with van der Waals surface area (Å²) >= 11 is 0.268. The van der Waals surface area contributed by atoms with Crippen LogP contribution in [-0.2, 0) is 0 Å². The highest BCUT2D eigenvalue weighted by Gasteiger charge is 1.91. The summed E-state index contributed by atoms with van der Waals surface area (Å²) in [4.78, 5) is 0.636. The minimum atomic E-state index is 0.268. The third kappa shape index (κ3) is 2.97. The van der Waals surface area contributed by atoms with Crippen molar-refractivity contribution in [2.45, 2.75) is 4.90 Å². The van der Waals surface area contributed by atoms with Gasteiger partial charge in [0, 0.05) is 4.90 Å². The largest absolute Gasteiger partial charge is 0.160 e. The van der Waals surface area contributed by atoms with Crippen LogP contribution in [0.15, 0.2) is 59.5 Å². The van der Waals surface area contributed by atoms with Crippen LogP contribution in [0.2, 0.25) is 0 Å². The molecule has 0 saturated carbocycles. The lowest BCUT2D eigenvalue weighted by molar-refractivity contribution is 0.934. The van der Waals surface area contributed by atoms with E-state index in [1.807, 2.05) is 54.6 Å². The van der Waals surface area contributed by atoms with Gasteiger partial charge in [0.05, 0.1) is 12.1 Å². The van der Waals surface area contributed by atoms with Crippen LogP contribution in [0.4, 0.5) is 3.89 Å². The van der Waals surface area contributed by atoms with Crippen molar-refractivity contribution >= 4 is 24.3 Å². The van der Waals surface area contributed by atoms with Gasteiger partial charge < -0.3 is 0 Å². The van der Waals surface area contributed by atoms with E-state index in [0.717, 1.165) is 11.1 Å². The van der Waals surface area contributed by atoms with E-state index in [2.05, 4.69) is 0 Å². The van der Waals surface area contributed by atoms with E-state index in [9.17, 15) is 3.89 Å². The Kier molecular flexibility index (Phi) is 3.78. The SMILES string of the molecule is FSc1ccc(/C=C/c2ccccc2)cc1. The maximum Gasteiger partial charge on any atom is 0.0812 e. The second kappa shape index (κ2) is 5.52. The van der Waals surface area contributed by atoms with E-state index in [1.54, 1.807) is 12.1 Å². The molecule has 0 aromatic heterocycles. The van der Waals surface area contributed by atoms with Gasteiger partial charge in [-0.15, -0.1) is 0 Å². The van der Waals surface area contributed by atoms with Crippen molar-refractivity contribution in [2.75, 3.05) is 0 Å². The Bertz CT molecular complexity index is 460. The third-order valence-electron chi connectivity index (χ3n) is 2.24. The Morgan fingerprint density at radius 2 is 1.31 bits per heavy atom. The lowest BCUT2D eigenvalue weighted by atomic mass is 10.1. The molecule has 0 N–H and O–H groups in total. The van der Waals surface area contributed by atoms with Gasteiger partial charge in [0.2, 0.25) is 0 Å². The minimum Gasteiger partial charge on any atom is -0.160 e. The van der Waals surface area contributed by atoms with E-state index in [4.69, 9.17) is 0 Å². The van der Waals surface area contributed by atoms with Gasteiger partial charge in [-0.25, -0.2) is 0 Å². The van der Waals surface area contributed by atoms with Crippen molar-refractivity contribution < 1.29 is 3.89 Å². The molecule has 0 bridgehead atoms. The molecule has 2 rings (SSSR count). The molecule has 0 saturated heterocycles. The summed E-state index contributed by atoms with van der Waals surface area (Å²) in [5.74, 6) is 0. The van der Waals surface area contributed by atoms with Crippen molar-refractivity contribution in [1.29, 1.82) is 0 Å². The summed E-state index contributed by atoms with van der Waals surface area (Å²) in [5, 5.41) is 0. The Balaban J connectivity index is 2.12. The summed E-state index contributed by atoms with van der Waals surface area (Å²) in [7, 11) is 0. The van der Waals surface area contributed by atoms with Crippen LogP contribution in [0.1, 0.15) is 11.1 Å². The Hall–Kier alpha value is -1.54. The quantitative estimate of drug-likeness (QED) is 0.680. The van der Waals surface area contributed by atoms with Gasteiger partial charge in [-0.05, 0) is 23.3 Å². The lowest BCUT2D eigenvalue weighted by Gasteiger charge is -1.95. The molecule has 0 radical (unpaired) electrons. The van der Waals surface area contributed by atoms with Crippen LogP contribution in [0.5, 0.6) is 0 Å². The van der Waals surface area contributed by atoms with Gasteiger partial charge in [0.1, 0.15) is 0 Å². The van der Waals surface area contributed by atoms with Crippen LogP contribution in [0.25, 0.3) is 12.2 Å². The molecule has 0 heterocycles. The minimum absolute atomic E-state index is 0.268. The van der Waals surface area contributed by atoms with E-state index in [1.165, 1.54) is 0 Å². The van der Waals surface area contributed by atoms with Crippen molar-refractivity contribution in [2.24, 2.45) is 0 Å². The number of hydrogen-bond acceptors (Lipinski definition) is 1. The van der Waals surface area contributed by atoms with Crippen molar-refractivity contribution in [3.8, 4) is 0 Å². The van der Waals surface area contributed by atoms with Crippen LogP contribution in [0.3, 0.4) is 0 Å². The second-order valence-corrected chi connectivity index (χ2v) is 4.02. The second-order valence-electron chi connectivity index (χ2n) is 3.39. The first-order valence-corrected chi connectivity index (χ1v) is 5.72. The molecule has 2 aromatic rings. The average Bonchev–Trinajstić information content (AvgIpc) is 2.38. The Morgan fingerprint density at radius 1 is 0.750 bits per heavy atom. The highest BCUT2D eigenvalue weighted by atomic mass is 32.2. The molecular weight excluding hydrogens is 219 g/mol. The summed E-state index contributed by atoms with van der Waals surface area (Å²) in [5.41, 5.74) is 2.23. The molecule has 0 aliphatic carbocycles. The van der Waals surface area contributed by atoms with Gasteiger partial charge in [0.25, 0.3) is 0 Å².